The zero-order valence-corrected chi connectivity index (χ0v) is 12.0. The van der Waals surface area contributed by atoms with Gasteiger partial charge in [-0.3, -0.25) is 0 Å². The molecule has 1 aromatic rings. The first-order valence-corrected chi connectivity index (χ1v) is 7.28. The highest BCUT2D eigenvalue weighted by Gasteiger charge is 2.21. The molecule has 0 aromatic heterocycles. The summed E-state index contributed by atoms with van der Waals surface area (Å²) in [6.07, 6.45) is 3.03. The minimum absolute atomic E-state index is 0.383. The van der Waals surface area contributed by atoms with Gasteiger partial charge >= 0.3 is 0 Å². The van der Waals surface area contributed by atoms with Gasteiger partial charge in [-0.05, 0) is 31.2 Å². The van der Waals surface area contributed by atoms with E-state index in [1.54, 1.807) is 0 Å². The van der Waals surface area contributed by atoms with Crippen molar-refractivity contribution in [1.29, 1.82) is 0 Å². The van der Waals surface area contributed by atoms with E-state index in [-0.39, 0.29) is 6.10 Å². The van der Waals surface area contributed by atoms with Gasteiger partial charge in [0.25, 0.3) is 0 Å². The second-order valence-corrected chi connectivity index (χ2v) is 5.42. The monoisotopic (exact) mass is 263 g/mol. The second-order valence-electron chi connectivity index (χ2n) is 5.42. The Kier molecular flexibility index (Phi) is 5.23. The Bertz CT molecular complexity index is 390. The standard InChI is InChI=1S/C16H25NO2/c1-3-16(18)14-6-4-5-7-15(14)17(2)10-11-19-12-13-8-9-13/h4-7,13,16,18H,3,8-12H2,1-2H3/t16-/m0/s1. The average molecular weight is 263 g/mol. The van der Waals surface area contributed by atoms with Crippen molar-refractivity contribution in [2.75, 3.05) is 31.7 Å². The highest BCUT2D eigenvalue weighted by Crippen LogP contribution is 2.29. The van der Waals surface area contributed by atoms with Crippen molar-refractivity contribution in [2.24, 2.45) is 5.92 Å². The minimum Gasteiger partial charge on any atom is -0.388 e. The highest BCUT2D eigenvalue weighted by molar-refractivity contribution is 5.54. The van der Waals surface area contributed by atoms with Gasteiger partial charge in [-0.2, -0.15) is 0 Å². The number of ether oxygens (including phenoxy) is 1. The fourth-order valence-corrected chi connectivity index (χ4v) is 2.19. The third-order valence-corrected chi connectivity index (χ3v) is 3.72. The van der Waals surface area contributed by atoms with E-state index >= 15 is 0 Å². The molecular weight excluding hydrogens is 238 g/mol. The topological polar surface area (TPSA) is 32.7 Å². The van der Waals surface area contributed by atoms with Crippen LogP contribution in [0.4, 0.5) is 5.69 Å². The minimum atomic E-state index is -0.383. The van der Waals surface area contributed by atoms with Crippen molar-refractivity contribution in [3.05, 3.63) is 29.8 Å². The van der Waals surface area contributed by atoms with Crippen LogP contribution in [0.25, 0.3) is 0 Å². The highest BCUT2D eigenvalue weighted by atomic mass is 16.5. The number of hydrogen-bond acceptors (Lipinski definition) is 3. The summed E-state index contributed by atoms with van der Waals surface area (Å²) in [6, 6.07) is 8.07. The van der Waals surface area contributed by atoms with Gasteiger partial charge in [-0.25, -0.2) is 0 Å². The zero-order valence-electron chi connectivity index (χ0n) is 12.0. The third-order valence-electron chi connectivity index (χ3n) is 3.72. The lowest BCUT2D eigenvalue weighted by molar-refractivity contribution is 0.130. The number of rotatable bonds is 8. The maximum atomic E-state index is 10.1. The van der Waals surface area contributed by atoms with Gasteiger partial charge in [-0.1, -0.05) is 25.1 Å². The molecule has 0 unspecified atom stereocenters. The molecule has 1 aliphatic rings. The van der Waals surface area contributed by atoms with Gasteiger partial charge in [0.05, 0.1) is 12.7 Å². The Morgan fingerprint density at radius 3 is 2.79 bits per heavy atom. The molecule has 19 heavy (non-hydrogen) atoms. The molecule has 0 amide bonds. The SMILES string of the molecule is CC[C@H](O)c1ccccc1N(C)CCOCC1CC1. The number of benzene rings is 1. The summed E-state index contributed by atoms with van der Waals surface area (Å²) in [5, 5.41) is 10.1. The molecule has 0 spiro atoms. The Balaban J connectivity index is 1.87. The van der Waals surface area contributed by atoms with Crippen molar-refractivity contribution >= 4 is 5.69 Å². The van der Waals surface area contributed by atoms with E-state index in [1.807, 2.05) is 25.1 Å². The number of para-hydroxylation sites is 1. The Morgan fingerprint density at radius 1 is 1.37 bits per heavy atom. The van der Waals surface area contributed by atoms with Crippen LogP contribution >= 0.6 is 0 Å². The number of likely N-dealkylation sites (N-methyl/N-ethyl adjacent to an activating group) is 1. The van der Waals surface area contributed by atoms with Crippen molar-refractivity contribution in [1.82, 2.24) is 0 Å². The van der Waals surface area contributed by atoms with Crippen molar-refractivity contribution in [3.8, 4) is 0 Å². The van der Waals surface area contributed by atoms with E-state index < -0.39 is 0 Å². The summed E-state index contributed by atoms with van der Waals surface area (Å²) in [4.78, 5) is 2.17. The Hall–Kier alpha value is -1.06. The van der Waals surface area contributed by atoms with Gasteiger partial charge in [0.15, 0.2) is 0 Å². The van der Waals surface area contributed by atoms with Gasteiger partial charge in [0.1, 0.15) is 0 Å². The molecule has 1 atom stereocenters. The largest absolute Gasteiger partial charge is 0.388 e. The molecule has 1 fully saturated rings. The lowest BCUT2D eigenvalue weighted by Gasteiger charge is -2.24. The number of hydrogen-bond donors (Lipinski definition) is 1. The Labute approximate surface area is 116 Å². The van der Waals surface area contributed by atoms with Crippen LogP contribution in [0.2, 0.25) is 0 Å². The predicted octanol–water partition coefficient (Wildman–Crippen LogP) is 2.99. The van der Waals surface area contributed by atoms with E-state index in [1.165, 1.54) is 12.8 Å². The van der Waals surface area contributed by atoms with E-state index in [2.05, 4.69) is 18.0 Å². The molecule has 1 saturated carbocycles. The lowest BCUT2D eigenvalue weighted by atomic mass is 10.0. The molecule has 3 heteroatoms. The van der Waals surface area contributed by atoms with Crippen LogP contribution in [-0.4, -0.2) is 31.9 Å². The van der Waals surface area contributed by atoms with Crippen LogP contribution in [0.3, 0.4) is 0 Å². The van der Waals surface area contributed by atoms with Crippen LogP contribution in [0.15, 0.2) is 24.3 Å². The molecule has 0 heterocycles. The quantitative estimate of drug-likeness (QED) is 0.732. The molecule has 0 radical (unpaired) electrons. The van der Waals surface area contributed by atoms with Gasteiger partial charge in [0, 0.05) is 31.5 Å². The lowest BCUT2D eigenvalue weighted by Crippen LogP contribution is -2.24. The van der Waals surface area contributed by atoms with Crippen LogP contribution in [0.5, 0.6) is 0 Å². The number of aliphatic hydroxyl groups excluding tert-OH is 1. The van der Waals surface area contributed by atoms with Crippen LogP contribution in [0, 0.1) is 5.92 Å². The number of anilines is 1. The normalized spacial score (nSPS) is 16.4. The van der Waals surface area contributed by atoms with Crippen molar-refractivity contribution in [3.63, 3.8) is 0 Å². The van der Waals surface area contributed by atoms with Crippen LogP contribution in [0.1, 0.15) is 37.9 Å². The fraction of sp³-hybridized carbons (Fsp3) is 0.625. The molecule has 1 aliphatic carbocycles. The molecule has 2 rings (SSSR count). The Morgan fingerprint density at radius 2 is 2.11 bits per heavy atom. The van der Waals surface area contributed by atoms with Crippen molar-refractivity contribution < 1.29 is 9.84 Å². The van der Waals surface area contributed by atoms with Gasteiger partial charge in [-0.15, -0.1) is 0 Å². The molecule has 3 nitrogen and oxygen atoms in total. The first-order chi connectivity index (χ1) is 9.22. The summed E-state index contributed by atoms with van der Waals surface area (Å²) in [5.41, 5.74) is 2.11. The average Bonchev–Trinajstić information content (AvgIpc) is 3.26. The molecule has 1 aromatic carbocycles. The molecule has 0 aliphatic heterocycles. The van der Waals surface area contributed by atoms with E-state index in [0.717, 1.165) is 43.3 Å². The summed E-state index contributed by atoms with van der Waals surface area (Å²) in [6.45, 7) is 4.52. The first-order valence-electron chi connectivity index (χ1n) is 7.28. The summed E-state index contributed by atoms with van der Waals surface area (Å²) in [5.74, 6) is 0.819. The van der Waals surface area contributed by atoms with E-state index in [4.69, 9.17) is 4.74 Å². The molecule has 0 bridgehead atoms. The summed E-state index contributed by atoms with van der Waals surface area (Å²) >= 11 is 0. The number of nitrogens with zero attached hydrogens (tertiary/aromatic N) is 1. The van der Waals surface area contributed by atoms with E-state index in [0.29, 0.717) is 0 Å². The first kappa shape index (κ1) is 14.4. The molecule has 106 valence electrons. The van der Waals surface area contributed by atoms with Crippen LogP contribution in [-0.2, 0) is 4.74 Å². The maximum Gasteiger partial charge on any atom is 0.0807 e. The molecule has 0 saturated heterocycles. The smallest absolute Gasteiger partial charge is 0.0807 e. The molecular formula is C16H25NO2. The second kappa shape index (κ2) is 6.92. The van der Waals surface area contributed by atoms with Gasteiger partial charge < -0.3 is 14.7 Å². The summed E-state index contributed by atoms with van der Waals surface area (Å²) in [7, 11) is 2.06. The number of aliphatic hydroxyl groups is 1. The zero-order chi connectivity index (χ0) is 13.7. The summed E-state index contributed by atoms with van der Waals surface area (Å²) < 4.78 is 5.67. The fourth-order valence-electron chi connectivity index (χ4n) is 2.19. The van der Waals surface area contributed by atoms with Gasteiger partial charge in [0.2, 0.25) is 0 Å². The third kappa shape index (κ3) is 4.22. The van der Waals surface area contributed by atoms with E-state index in [9.17, 15) is 5.11 Å². The molecule has 1 N–H and O–H groups in total. The maximum absolute atomic E-state index is 10.1. The predicted molar refractivity (Wildman–Crippen MR) is 78.5 cm³/mol. The van der Waals surface area contributed by atoms with Crippen LogP contribution < -0.4 is 4.90 Å². The van der Waals surface area contributed by atoms with Crippen molar-refractivity contribution in [2.45, 2.75) is 32.3 Å².